The molecule has 0 bridgehead atoms. The van der Waals surface area contributed by atoms with Crippen LogP contribution in [0, 0.1) is 0 Å². The molecule has 4 nitrogen and oxygen atoms in total. The van der Waals surface area contributed by atoms with Crippen LogP contribution in [0.5, 0.6) is 0 Å². The molecule has 2 aromatic rings. The number of carbonyl (C=O) groups excluding carboxylic acids is 1. The van der Waals surface area contributed by atoms with Gasteiger partial charge in [-0.3, -0.25) is 0 Å². The first-order valence-corrected chi connectivity index (χ1v) is 7.05. The Bertz CT molecular complexity index is 604. The molecule has 0 radical (unpaired) electrons. The highest BCUT2D eigenvalue weighted by atomic mass is 35.5. The third-order valence-electron chi connectivity index (χ3n) is 2.20. The Morgan fingerprint density at radius 1 is 1.47 bits per heavy atom. The summed E-state index contributed by atoms with van der Waals surface area (Å²) in [6.07, 6.45) is -0.420. The number of nitrogens with zero attached hydrogens (tertiary/aromatic N) is 1. The first kappa shape index (κ1) is 14.1. The van der Waals surface area contributed by atoms with Gasteiger partial charge in [0, 0.05) is 4.88 Å². The summed E-state index contributed by atoms with van der Waals surface area (Å²) in [5.74, 6) is 0. The van der Waals surface area contributed by atoms with Crippen LogP contribution in [0.4, 0.5) is 4.79 Å². The third-order valence-corrected chi connectivity index (χ3v) is 3.50. The predicted octanol–water partition coefficient (Wildman–Crippen LogP) is 3.97. The lowest BCUT2D eigenvalue weighted by atomic mass is 10.2. The Balaban J connectivity index is 2.00. The van der Waals surface area contributed by atoms with Gasteiger partial charge in [-0.2, -0.15) is 0 Å². The number of alkyl carbamates (subject to hydrolysis) is 1. The van der Waals surface area contributed by atoms with E-state index in [9.17, 15) is 4.79 Å². The molecule has 2 rings (SSSR count). The lowest BCUT2D eigenvalue weighted by Crippen LogP contribution is -2.31. The quantitative estimate of drug-likeness (QED) is 0.853. The minimum atomic E-state index is -0.487. The molecule has 2 heterocycles. The maximum atomic E-state index is 11.5. The van der Waals surface area contributed by atoms with Crippen LogP contribution < -0.4 is 5.32 Å². The molecule has 2 aromatic heterocycles. The normalized spacial score (nSPS) is 11.6. The van der Waals surface area contributed by atoms with E-state index in [4.69, 9.17) is 16.3 Å². The van der Waals surface area contributed by atoms with Crippen molar-refractivity contribution < 1.29 is 9.53 Å². The zero-order valence-corrected chi connectivity index (χ0v) is 12.6. The second kappa shape index (κ2) is 5.35. The molecule has 1 N–H and O–H groups in total. The fraction of sp³-hybridized carbons (Fsp3) is 0.385. The number of amides is 1. The summed E-state index contributed by atoms with van der Waals surface area (Å²) >= 11 is 7.41. The van der Waals surface area contributed by atoms with Crippen molar-refractivity contribution in [2.75, 3.05) is 0 Å². The number of pyridine rings is 1. The van der Waals surface area contributed by atoms with Crippen molar-refractivity contribution in [3.63, 3.8) is 0 Å². The summed E-state index contributed by atoms with van der Waals surface area (Å²) in [5, 5.41) is 3.19. The average Bonchev–Trinajstić information content (AvgIpc) is 2.66. The van der Waals surface area contributed by atoms with Crippen molar-refractivity contribution in [2.24, 2.45) is 0 Å². The van der Waals surface area contributed by atoms with Crippen LogP contribution in [0.3, 0.4) is 0 Å². The van der Waals surface area contributed by atoms with Crippen LogP contribution in [-0.2, 0) is 11.3 Å². The molecule has 0 aliphatic rings. The number of thiophene rings is 1. The van der Waals surface area contributed by atoms with Crippen LogP contribution >= 0.6 is 22.9 Å². The SMILES string of the molecule is CC(C)(C)OC(=O)NCc1cc2nc(Cl)ccc2s1. The standard InChI is InChI=1S/C13H15ClN2O2S/c1-13(2,3)18-12(17)15-7-8-6-9-10(19-8)4-5-11(14)16-9/h4-6H,7H2,1-3H3,(H,15,17). The number of nitrogens with one attached hydrogen (secondary N) is 1. The lowest BCUT2D eigenvalue weighted by molar-refractivity contribution is 0.0524. The number of carbonyl (C=O) groups is 1. The molecule has 0 aromatic carbocycles. The molecule has 0 spiro atoms. The van der Waals surface area contributed by atoms with Gasteiger partial charge in [-0.05, 0) is 39.0 Å². The molecular weight excluding hydrogens is 284 g/mol. The smallest absolute Gasteiger partial charge is 0.407 e. The second-order valence-electron chi connectivity index (χ2n) is 5.09. The Morgan fingerprint density at radius 2 is 2.21 bits per heavy atom. The molecule has 102 valence electrons. The first-order chi connectivity index (χ1) is 8.83. The molecule has 0 aliphatic carbocycles. The highest BCUT2D eigenvalue weighted by Gasteiger charge is 2.16. The minimum absolute atomic E-state index is 0.420. The number of aromatic nitrogens is 1. The van der Waals surface area contributed by atoms with Crippen LogP contribution in [0.2, 0.25) is 5.15 Å². The van der Waals surface area contributed by atoms with Crippen molar-refractivity contribution in [1.82, 2.24) is 10.3 Å². The number of rotatable bonds is 2. The van der Waals surface area contributed by atoms with E-state index in [1.165, 1.54) is 0 Å². The molecule has 0 saturated carbocycles. The number of halogens is 1. The van der Waals surface area contributed by atoms with Gasteiger partial charge >= 0.3 is 6.09 Å². The number of hydrogen-bond acceptors (Lipinski definition) is 4. The van der Waals surface area contributed by atoms with Gasteiger partial charge < -0.3 is 10.1 Å². The Morgan fingerprint density at radius 3 is 2.89 bits per heavy atom. The molecule has 0 saturated heterocycles. The summed E-state index contributed by atoms with van der Waals surface area (Å²) in [6, 6.07) is 5.60. The fourth-order valence-electron chi connectivity index (χ4n) is 1.51. The van der Waals surface area contributed by atoms with Gasteiger partial charge in [-0.1, -0.05) is 11.6 Å². The van der Waals surface area contributed by atoms with Gasteiger partial charge in [-0.25, -0.2) is 9.78 Å². The van der Waals surface area contributed by atoms with Crippen molar-refractivity contribution in [3.05, 3.63) is 28.2 Å². The van der Waals surface area contributed by atoms with Crippen molar-refractivity contribution >= 4 is 39.2 Å². The summed E-state index contributed by atoms with van der Waals surface area (Å²) in [6.45, 7) is 5.92. The molecule has 1 amide bonds. The molecule has 0 atom stereocenters. The fourth-order valence-corrected chi connectivity index (χ4v) is 2.61. The Kier molecular flexibility index (Phi) is 3.96. The summed E-state index contributed by atoms with van der Waals surface area (Å²) in [7, 11) is 0. The van der Waals surface area contributed by atoms with E-state index < -0.39 is 11.7 Å². The Labute approximate surface area is 120 Å². The highest BCUT2D eigenvalue weighted by molar-refractivity contribution is 7.19. The van der Waals surface area contributed by atoms with Crippen LogP contribution in [0.15, 0.2) is 18.2 Å². The highest BCUT2D eigenvalue weighted by Crippen LogP contribution is 2.25. The number of fused-ring (bicyclic) bond motifs is 1. The van der Waals surface area contributed by atoms with Gasteiger partial charge in [-0.15, -0.1) is 11.3 Å². The summed E-state index contributed by atoms with van der Waals surface area (Å²) in [5.41, 5.74) is 0.359. The minimum Gasteiger partial charge on any atom is -0.444 e. The van der Waals surface area contributed by atoms with Crippen molar-refractivity contribution in [3.8, 4) is 0 Å². The second-order valence-corrected chi connectivity index (χ2v) is 6.64. The van der Waals surface area contributed by atoms with Crippen LogP contribution in [-0.4, -0.2) is 16.7 Å². The molecule has 6 heteroatoms. The lowest BCUT2D eigenvalue weighted by Gasteiger charge is -2.19. The van der Waals surface area contributed by atoms with E-state index in [2.05, 4.69) is 10.3 Å². The van der Waals surface area contributed by atoms with Crippen LogP contribution in [0.1, 0.15) is 25.6 Å². The van der Waals surface area contributed by atoms with Crippen molar-refractivity contribution in [2.45, 2.75) is 32.9 Å². The largest absolute Gasteiger partial charge is 0.444 e. The maximum absolute atomic E-state index is 11.5. The van der Waals surface area contributed by atoms with E-state index >= 15 is 0 Å². The predicted molar refractivity (Wildman–Crippen MR) is 77.7 cm³/mol. The molecule has 0 unspecified atom stereocenters. The monoisotopic (exact) mass is 298 g/mol. The van der Waals surface area contributed by atoms with Gasteiger partial charge in [0.1, 0.15) is 10.8 Å². The topological polar surface area (TPSA) is 51.2 Å². The first-order valence-electron chi connectivity index (χ1n) is 5.85. The molecule has 0 aliphatic heterocycles. The summed E-state index contributed by atoms with van der Waals surface area (Å²) in [4.78, 5) is 16.8. The van der Waals surface area contributed by atoms with Gasteiger partial charge in [0.05, 0.1) is 16.8 Å². The van der Waals surface area contributed by atoms with E-state index in [1.54, 1.807) is 17.4 Å². The summed E-state index contributed by atoms with van der Waals surface area (Å²) < 4.78 is 6.22. The van der Waals surface area contributed by atoms with E-state index in [0.29, 0.717) is 11.7 Å². The number of hydrogen-bond donors (Lipinski definition) is 1. The van der Waals surface area contributed by atoms with E-state index in [1.807, 2.05) is 32.9 Å². The van der Waals surface area contributed by atoms with E-state index in [-0.39, 0.29) is 0 Å². The molecular formula is C13H15ClN2O2S. The zero-order chi connectivity index (χ0) is 14.0. The van der Waals surface area contributed by atoms with Gasteiger partial charge in [0.2, 0.25) is 0 Å². The zero-order valence-electron chi connectivity index (χ0n) is 11.0. The third kappa shape index (κ3) is 4.08. The average molecular weight is 299 g/mol. The van der Waals surface area contributed by atoms with Crippen LogP contribution in [0.25, 0.3) is 10.2 Å². The van der Waals surface area contributed by atoms with Crippen molar-refractivity contribution in [1.29, 1.82) is 0 Å². The maximum Gasteiger partial charge on any atom is 0.407 e. The van der Waals surface area contributed by atoms with Gasteiger partial charge in [0.15, 0.2) is 0 Å². The molecule has 19 heavy (non-hydrogen) atoms. The van der Waals surface area contributed by atoms with E-state index in [0.717, 1.165) is 15.1 Å². The molecule has 0 fully saturated rings. The Hall–Kier alpha value is -1.33. The van der Waals surface area contributed by atoms with Gasteiger partial charge in [0.25, 0.3) is 0 Å². The number of ether oxygens (including phenoxy) is 1.